The van der Waals surface area contributed by atoms with E-state index < -0.39 is 5.97 Å². The van der Waals surface area contributed by atoms with E-state index in [1.54, 1.807) is 10.5 Å². The fourth-order valence-electron chi connectivity index (χ4n) is 3.35. The molecule has 6 heteroatoms. The number of carbonyl (C=O) groups excluding carboxylic acids is 1. The SMILES string of the molecule is Cc1ccc(-c2nc3ccc(C)cn3c2C(=O)Nc2cc(C(=O)O)ccc2C)cc1. The van der Waals surface area contributed by atoms with Crippen molar-refractivity contribution in [3.05, 3.63) is 88.7 Å². The number of nitrogens with one attached hydrogen (secondary N) is 1. The third-order valence-electron chi connectivity index (χ3n) is 5.04. The lowest BCUT2D eigenvalue weighted by atomic mass is 10.1. The molecule has 2 N–H and O–H groups in total. The lowest BCUT2D eigenvalue weighted by Gasteiger charge is -2.11. The van der Waals surface area contributed by atoms with Crippen molar-refractivity contribution in [2.45, 2.75) is 20.8 Å². The van der Waals surface area contributed by atoms with Crippen LogP contribution in [0, 0.1) is 20.8 Å². The summed E-state index contributed by atoms with van der Waals surface area (Å²) in [5, 5.41) is 12.2. The summed E-state index contributed by atoms with van der Waals surface area (Å²) in [6.45, 7) is 5.77. The third-order valence-corrected chi connectivity index (χ3v) is 5.04. The Labute approximate surface area is 173 Å². The third kappa shape index (κ3) is 3.55. The normalized spacial score (nSPS) is 10.9. The van der Waals surface area contributed by atoms with E-state index in [-0.39, 0.29) is 11.5 Å². The average Bonchev–Trinajstić information content (AvgIpc) is 3.08. The van der Waals surface area contributed by atoms with Gasteiger partial charge in [0.2, 0.25) is 0 Å². The van der Waals surface area contributed by atoms with Crippen molar-refractivity contribution < 1.29 is 14.7 Å². The van der Waals surface area contributed by atoms with Gasteiger partial charge in [-0.25, -0.2) is 9.78 Å². The molecule has 6 nitrogen and oxygen atoms in total. The Morgan fingerprint density at radius 2 is 1.63 bits per heavy atom. The van der Waals surface area contributed by atoms with E-state index in [1.165, 1.54) is 12.1 Å². The molecule has 2 aromatic heterocycles. The predicted molar refractivity (Wildman–Crippen MR) is 116 cm³/mol. The van der Waals surface area contributed by atoms with E-state index in [2.05, 4.69) is 5.32 Å². The molecule has 0 radical (unpaired) electrons. The van der Waals surface area contributed by atoms with Crippen LogP contribution in [0.25, 0.3) is 16.9 Å². The van der Waals surface area contributed by atoms with Gasteiger partial charge in [0.15, 0.2) is 0 Å². The molecule has 2 aromatic carbocycles. The molecule has 150 valence electrons. The van der Waals surface area contributed by atoms with E-state index in [9.17, 15) is 14.7 Å². The summed E-state index contributed by atoms with van der Waals surface area (Å²) in [7, 11) is 0. The zero-order valence-electron chi connectivity index (χ0n) is 16.9. The number of aryl methyl sites for hydroxylation is 3. The summed E-state index contributed by atoms with van der Waals surface area (Å²) < 4.78 is 1.77. The van der Waals surface area contributed by atoms with Crippen molar-refractivity contribution in [3.63, 3.8) is 0 Å². The number of imidazole rings is 1. The van der Waals surface area contributed by atoms with Crippen LogP contribution in [0.3, 0.4) is 0 Å². The maximum absolute atomic E-state index is 13.4. The summed E-state index contributed by atoms with van der Waals surface area (Å²) in [4.78, 5) is 29.4. The highest BCUT2D eigenvalue weighted by molar-refractivity contribution is 6.08. The highest BCUT2D eigenvalue weighted by atomic mass is 16.4. The highest BCUT2D eigenvalue weighted by Gasteiger charge is 2.22. The summed E-state index contributed by atoms with van der Waals surface area (Å²) >= 11 is 0. The fourth-order valence-corrected chi connectivity index (χ4v) is 3.35. The first-order valence-corrected chi connectivity index (χ1v) is 9.54. The number of hydrogen-bond donors (Lipinski definition) is 2. The van der Waals surface area contributed by atoms with Gasteiger partial charge in [0.25, 0.3) is 5.91 Å². The van der Waals surface area contributed by atoms with Crippen molar-refractivity contribution in [2.75, 3.05) is 5.32 Å². The Morgan fingerprint density at radius 1 is 0.933 bits per heavy atom. The molecule has 30 heavy (non-hydrogen) atoms. The number of aromatic nitrogens is 2. The lowest BCUT2D eigenvalue weighted by Crippen LogP contribution is -2.16. The molecule has 0 spiro atoms. The monoisotopic (exact) mass is 399 g/mol. The van der Waals surface area contributed by atoms with Gasteiger partial charge < -0.3 is 10.4 Å². The second kappa shape index (κ2) is 7.48. The smallest absolute Gasteiger partial charge is 0.335 e. The molecule has 0 aliphatic carbocycles. The molecule has 0 bridgehead atoms. The van der Waals surface area contributed by atoms with Crippen LogP contribution in [0.5, 0.6) is 0 Å². The van der Waals surface area contributed by atoms with E-state index in [0.717, 1.165) is 22.3 Å². The minimum absolute atomic E-state index is 0.114. The van der Waals surface area contributed by atoms with Crippen LogP contribution in [0.1, 0.15) is 37.5 Å². The van der Waals surface area contributed by atoms with Crippen molar-refractivity contribution in [3.8, 4) is 11.3 Å². The van der Waals surface area contributed by atoms with Crippen LogP contribution >= 0.6 is 0 Å². The number of aromatic carboxylic acids is 1. The molecule has 0 aliphatic rings. The molecular formula is C24H21N3O3. The van der Waals surface area contributed by atoms with E-state index >= 15 is 0 Å². The number of carboxylic acid groups (broad SMARTS) is 1. The van der Waals surface area contributed by atoms with Crippen LogP contribution in [-0.4, -0.2) is 26.4 Å². The Hall–Kier alpha value is -3.93. The summed E-state index contributed by atoms with van der Waals surface area (Å²) in [6, 6.07) is 16.3. The first-order valence-electron chi connectivity index (χ1n) is 9.54. The molecule has 1 amide bonds. The standard InChI is InChI=1S/C24H21N3O3/c1-14-4-8-17(9-5-14)21-22(27-13-15(2)6-11-20(27)26-21)23(28)25-19-12-18(24(29)30)10-7-16(19)3/h4-13H,1-3H3,(H,25,28)(H,29,30). The zero-order chi connectivity index (χ0) is 21.4. The highest BCUT2D eigenvalue weighted by Crippen LogP contribution is 2.27. The van der Waals surface area contributed by atoms with Crippen LogP contribution in [0.2, 0.25) is 0 Å². The van der Waals surface area contributed by atoms with Crippen LogP contribution in [-0.2, 0) is 0 Å². The Balaban J connectivity index is 1.85. The van der Waals surface area contributed by atoms with E-state index in [1.807, 2.05) is 63.4 Å². The van der Waals surface area contributed by atoms with Gasteiger partial charge in [-0.3, -0.25) is 9.20 Å². The van der Waals surface area contributed by atoms with Gasteiger partial charge in [-0.2, -0.15) is 0 Å². The maximum atomic E-state index is 13.4. The molecule has 4 aromatic rings. The second-order valence-corrected chi connectivity index (χ2v) is 7.40. The lowest BCUT2D eigenvalue weighted by molar-refractivity contribution is 0.0696. The van der Waals surface area contributed by atoms with Gasteiger partial charge in [0.05, 0.1) is 5.56 Å². The van der Waals surface area contributed by atoms with Gasteiger partial charge in [0, 0.05) is 17.4 Å². The van der Waals surface area contributed by atoms with Crippen molar-refractivity contribution >= 4 is 23.2 Å². The second-order valence-electron chi connectivity index (χ2n) is 7.40. The molecule has 0 saturated carbocycles. The number of nitrogens with zero attached hydrogens (tertiary/aromatic N) is 2. The van der Waals surface area contributed by atoms with Gasteiger partial charge in [-0.05, 0) is 50.1 Å². The van der Waals surface area contributed by atoms with E-state index in [0.29, 0.717) is 22.7 Å². The van der Waals surface area contributed by atoms with Crippen LogP contribution in [0.15, 0.2) is 60.8 Å². The fraction of sp³-hybridized carbons (Fsp3) is 0.125. The molecule has 0 aliphatic heterocycles. The first-order chi connectivity index (χ1) is 14.3. The maximum Gasteiger partial charge on any atom is 0.335 e. The number of carbonyl (C=O) groups is 2. The van der Waals surface area contributed by atoms with Gasteiger partial charge in [-0.15, -0.1) is 0 Å². The first kappa shape index (κ1) is 19.4. The Kier molecular flexibility index (Phi) is 4.83. The molecule has 0 atom stereocenters. The molecule has 0 unspecified atom stereocenters. The number of benzene rings is 2. The minimum atomic E-state index is -1.05. The Bertz CT molecular complexity index is 1290. The number of fused-ring (bicyclic) bond motifs is 1. The van der Waals surface area contributed by atoms with Gasteiger partial charge in [0.1, 0.15) is 17.0 Å². The Morgan fingerprint density at radius 3 is 2.33 bits per heavy atom. The summed E-state index contributed by atoms with van der Waals surface area (Å²) in [5.74, 6) is -1.40. The molecule has 2 heterocycles. The zero-order valence-corrected chi connectivity index (χ0v) is 16.9. The minimum Gasteiger partial charge on any atom is -0.478 e. The van der Waals surface area contributed by atoms with Gasteiger partial charge in [-0.1, -0.05) is 42.0 Å². The van der Waals surface area contributed by atoms with Crippen molar-refractivity contribution in [1.82, 2.24) is 9.38 Å². The topological polar surface area (TPSA) is 83.7 Å². The summed E-state index contributed by atoms with van der Waals surface area (Å²) in [5.41, 5.74) is 5.93. The number of rotatable bonds is 4. The number of anilines is 1. The quantitative estimate of drug-likeness (QED) is 0.512. The molecule has 0 saturated heterocycles. The number of amides is 1. The number of carboxylic acids is 1. The van der Waals surface area contributed by atoms with Gasteiger partial charge >= 0.3 is 5.97 Å². The van der Waals surface area contributed by atoms with Crippen LogP contribution in [0.4, 0.5) is 5.69 Å². The molecular weight excluding hydrogens is 378 g/mol. The average molecular weight is 399 g/mol. The number of pyridine rings is 1. The number of hydrogen-bond acceptors (Lipinski definition) is 3. The van der Waals surface area contributed by atoms with E-state index in [4.69, 9.17) is 4.98 Å². The molecule has 4 rings (SSSR count). The largest absolute Gasteiger partial charge is 0.478 e. The summed E-state index contributed by atoms with van der Waals surface area (Å²) in [6.07, 6.45) is 1.87. The van der Waals surface area contributed by atoms with Crippen molar-refractivity contribution in [1.29, 1.82) is 0 Å². The van der Waals surface area contributed by atoms with Crippen molar-refractivity contribution in [2.24, 2.45) is 0 Å². The van der Waals surface area contributed by atoms with Crippen LogP contribution < -0.4 is 5.32 Å². The molecule has 0 fully saturated rings. The predicted octanol–water partition coefficient (Wildman–Crippen LogP) is 4.88.